The van der Waals surface area contributed by atoms with Crippen LogP contribution < -0.4 is 5.73 Å². The first-order valence-corrected chi connectivity index (χ1v) is 5.32. The number of nitrogens with zero attached hydrogens (tertiary/aromatic N) is 2. The Balaban J connectivity index is 2.24. The van der Waals surface area contributed by atoms with Gasteiger partial charge >= 0.3 is 0 Å². The summed E-state index contributed by atoms with van der Waals surface area (Å²) >= 11 is 7.22. The highest BCUT2D eigenvalue weighted by atomic mass is 35.5. The van der Waals surface area contributed by atoms with E-state index in [0.29, 0.717) is 29.1 Å². The molecule has 0 aliphatic carbocycles. The lowest BCUT2D eigenvalue weighted by Gasteiger charge is -1.87. The maximum Gasteiger partial charge on any atom is 0.248 e. The fourth-order valence-electron chi connectivity index (χ4n) is 1.02. The van der Waals surface area contributed by atoms with E-state index in [-0.39, 0.29) is 0 Å². The standard InChI is InChI=1S/C8H8ClN3OS/c9-6-3-5(4-14-6)8-12-11-7(13-8)1-2-10/h3-4H,1-2,10H2. The number of rotatable bonds is 3. The Morgan fingerprint density at radius 2 is 2.36 bits per heavy atom. The third kappa shape index (κ3) is 1.95. The van der Waals surface area contributed by atoms with Gasteiger partial charge in [-0.25, -0.2) is 0 Å². The number of hydrogen-bond acceptors (Lipinski definition) is 5. The molecule has 0 atom stereocenters. The Hall–Kier alpha value is -0.910. The minimum atomic E-state index is 0.497. The van der Waals surface area contributed by atoms with Crippen molar-refractivity contribution < 1.29 is 4.42 Å². The smallest absolute Gasteiger partial charge is 0.248 e. The summed E-state index contributed by atoms with van der Waals surface area (Å²) in [5.41, 5.74) is 6.22. The molecule has 2 rings (SSSR count). The first-order chi connectivity index (χ1) is 6.79. The van der Waals surface area contributed by atoms with Crippen LogP contribution in [0.2, 0.25) is 4.34 Å². The molecule has 0 aliphatic rings. The largest absolute Gasteiger partial charge is 0.421 e. The van der Waals surface area contributed by atoms with Crippen molar-refractivity contribution in [2.75, 3.05) is 6.54 Å². The van der Waals surface area contributed by atoms with E-state index in [0.717, 1.165) is 5.56 Å². The second kappa shape index (κ2) is 4.08. The Bertz CT molecular complexity index is 426. The maximum absolute atomic E-state index is 5.79. The second-order valence-electron chi connectivity index (χ2n) is 2.68. The molecule has 6 heteroatoms. The molecular formula is C8H8ClN3OS. The zero-order valence-electron chi connectivity index (χ0n) is 7.24. The molecule has 0 unspecified atom stereocenters. The van der Waals surface area contributed by atoms with Gasteiger partial charge in [0.2, 0.25) is 11.8 Å². The van der Waals surface area contributed by atoms with Crippen LogP contribution in [0.1, 0.15) is 5.89 Å². The topological polar surface area (TPSA) is 64.9 Å². The van der Waals surface area contributed by atoms with Crippen LogP contribution in [0.4, 0.5) is 0 Å². The monoisotopic (exact) mass is 229 g/mol. The molecular weight excluding hydrogens is 222 g/mol. The molecule has 0 aromatic carbocycles. The van der Waals surface area contributed by atoms with Gasteiger partial charge in [-0.3, -0.25) is 0 Å². The van der Waals surface area contributed by atoms with Gasteiger partial charge in [0.15, 0.2) is 0 Å². The van der Waals surface area contributed by atoms with Crippen molar-refractivity contribution in [3.63, 3.8) is 0 Å². The van der Waals surface area contributed by atoms with Gasteiger partial charge in [-0.15, -0.1) is 21.5 Å². The molecule has 2 N–H and O–H groups in total. The van der Waals surface area contributed by atoms with Gasteiger partial charge in [0.25, 0.3) is 0 Å². The summed E-state index contributed by atoms with van der Waals surface area (Å²) in [7, 11) is 0. The number of nitrogens with two attached hydrogens (primary N) is 1. The van der Waals surface area contributed by atoms with E-state index in [9.17, 15) is 0 Å². The Labute approximate surface area is 89.7 Å². The van der Waals surface area contributed by atoms with Crippen molar-refractivity contribution >= 4 is 22.9 Å². The van der Waals surface area contributed by atoms with E-state index in [2.05, 4.69) is 10.2 Å². The van der Waals surface area contributed by atoms with Crippen LogP contribution in [0.25, 0.3) is 11.5 Å². The second-order valence-corrected chi connectivity index (χ2v) is 4.22. The fourth-order valence-corrected chi connectivity index (χ4v) is 1.87. The van der Waals surface area contributed by atoms with Gasteiger partial charge in [0, 0.05) is 18.3 Å². The van der Waals surface area contributed by atoms with Crippen LogP contribution in [-0.4, -0.2) is 16.7 Å². The van der Waals surface area contributed by atoms with E-state index in [1.165, 1.54) is 11.3 Å². The van der Waals surface area contributed by atoms with E-state index < -0.39 is 0 Å². The predicted molar refractivity (Wildman–Crippen MR) is 55.4 cm³/mol. The zero-order chi connectivity index (χ0) is 9.97. The summed E-state index contributed by atoms with van der Waals surface area (Å²) < 4.78 is 6.08. The first-order valence-electron chi connectivity index (χ1n) is 4.06. The van der Waals surface area contributed by atoms with Crippen LogP contribution in [0.5, 0.6) is 0 Å². The molecule has 0 saturated heterocycles. The van der Waals surface area contributed by atoms with Gasteiger partial charge in [-0.1, -0.05) is 11.6 Å². The first kappa shape index (κ1) is 9.64. The minimum Gasteiger partial charge on any atom is -0.421 e. The minimum absolute atomic E-state index is 0.497. The van der Waals surface area contributed by atoms with Crippen molar-refractivity contribution in [1.82, 2.24) is 10.2 Å². The SMILES string of the molecule is NCCc1nnc(-c2csc(Cl)c2)o1. The quantitative estimate of drug-likeness (QED) is 0.874. The highest BCUT2D eigenvalue weighted by molar-refractivity contribution is 7.14. The van der Waals surface area contributed by atoms with E-state index >= 15 is 0 Å². The van der Waals surface area contributed by atoms with E-state index in [4.69, 9.17) is 21.8 Å². The third-order valence-electron chi connectivity index (χ3n) is 1.64. The highest BCUT2D eigenvalue weighted by Gasteiger charge is 2.09. The number of thiophene rings is 1. The summed E-state index contributed by atoms with van der Waals surface area (Å²) in [6, 6.07) is 1.80. The summed E-state index contributed by atoms with van der Waals surface area (Å²) in [5, 5.41) is 9.63. The molecule has 0 spiro atoms. The van der Waals surface area contributed by atoms with Crippen molar-refractivity contribution in [2.45, 2.75) is 6.42 Å². The Morgan fingerprint density at radius 1 is 1.50 bits per heavy atom. The van der Waals surface area contributed by atoms with Gasteiger partial charge in [-0.05, 0) is 6.07 Å². The Kier molecular flexibility index (Phi) is 2.81. The lowest BCUT2D eigenvalue weighted by molar-refractivity contribution is 0.507. The van der Waals surface area contributed by atoms with Crippen molar-refractivity contribution in [3.8, 4) is 11.5 Å². The van der Waals surface area contributed by atoms with E-state index in [1.807, 2.05) is 5.38 Å². The van der Waals surface area contributed by atoms with Crippen molar-refractivity contribution in [3.05, 3.63) is 21.7 Å². The summed E-state index contributed by atoms with van der Waals surface area (Å²) in [4.78, 5) is 0. The maximum atomic E-state index is 5.79. The number of aromatic nitrogens is 2. The molecule has 2 aromatic rings. The molecule has 0 bridgehead atoms. The van der Waals surface area contributed by atoms with Crippen molar-refractivity contribution in [2.24, 2.45) is 5.73 Å². The van der Waals surface area contributed by atoms with Crippen LogP contribution in [0.15, 0.2) is 15.9 Å². The molecule has 14 heavy (non-hydrogen) atoms. The van der Waals surface area contributed by atoms with Gasteiger partial charge in [0.05, 0.1) is 9.90 Å². The van der Waals surface area contributed by atoms with Gasteiger partial charge in [0.1, 0.15) is 0 Å². The molecule has 4 nitrogen and oxygen atoms in total. The molecule has 2 aromatic heterocycles. The summed E-state index contributed by atoms with van der Waals surface area (Å²) in [6.45, 7) is 0.506. The lowest BCUT2D eigenvalue weighted by atomic mass is 10.3. The zero-order valence-corrected chi connectivity index (χ0v) is 8.81. The Morgan fingerprint density at radius 3 is 3.00 bits per heavy atom. The fraction of sp³-hybridized carbons (Fsp3) is 0.250. The van der Waals surface area contributed by atoms with Gasteiger partial charge < -0.3 is 10.2 Å². The van der Waals surface area contributed by atoms with Crippen LogP contribution >= 0.6 is 22.9 Å². The predicted octanol–water partition coefficient (Wildman–Crippen LogP) is 1.95. The lowest BCUT2D eigenvalue weighted by Crippen LogP contribution is -2.02. The summed E-state index contributed by atoms with van der Waals surface area (Å²) in [6.07, 6.45) is 0.602. The van der Waals surface area contributed by atoms with E-state index in [1.54, 1.807) is 6.07 Å². The van der Waals surface area contributed by atoms with Gasteiger partial charge in [-0.2, -0.15) is 0 Å². The molecule has 74 valence electrons. The summed E-state index contributed by atoms with van der Waals surface area (Å²) in [5.74, 6) is 1.06. The van der Waals surface area contributed by atoms with Crippen LogP contribution in [0.3, 0.4) is 0 Å². The highest BCUT2D eigenvalue weighted by Crippen LogP contribution is 2.27. The van der Waals surface area contributed by atoms with Crippen LogP contribution in [-0.2, 0) is 6.42 Å². The third-order valence-corrected chi connectivity index (χ3v) is 2.73. The molecule has 0 amide bonds. The molecule has 0 aliphatic heterocycles. The number of hydrogen-bond donors (Lipinski definition) is 1. The molecule has 0 fully saturated rings. The van der Waals surface area contributed by atoms with Crippen molar-refractivity contribution in [1.29, 1.82) is 0 Å². The molecule has 0 saturated carbocycles. The average Bonchev–Trinajstić information content (AvgIpc) is 2.74. The molecule has 0 radical (unpaired) electrons. The number of halogens is 1. The van der Waals surface area contributed by atoms with Crippen LogP contribution in [0, 0.1) is 0 Å². The average molecular weight is 230 g/mol. The normalized spacial score (nSPS) is 10.7. The molecule has 2 heterocycles.